The molecule has 3 rings (SSSR count). The number of rotatable bonds is 4. The number of ether oxygens (including phenoxy) is 1. The van der Waals surface area contributed by atoms with Gasteiger partial charge in [-0.05, 0) is 57.6 Å². The maximum atomic E-state index is 12.5. The Kier molecular flexibility index (Phi) is 4.66. The van der Waals surface area contributed by atoms with Crippen molar-refractivity contribution in [1.82, 2.24) is 14.7 Å². The van der Waals surface area contributed by atoms with Crippen LogP contribution in [0, 0.1) is 19.8 Å². The van der Waals surface area contributed by atoms with E-state index in [1.165, 1.54) is 0 Å². The number of aromatic nitrogens is 2. The van der Waals surface area contributed by atoms with Crippen LogP contribution in [-0.4, -0.2) is 35.1 Å². The van der Waals surface area contributed by atoms with Crippen LogP contribution in [0.25, 0.3) is 5.65 Å². The molecule has 0 atom stereocenters. The van der Waals surface area contributed by atoms with E-state index in [9.17, 15) is 4.79 Å². The van der Waals surface area contributed by atoms with Gasteiger partial charge >= 0.3 is 0 Å². The van der Waals surface area contributed by atoms with Gasteiger partial charge in [0.15, 0.2) is 0 Å². The standard InChI is InChI=1S/C18H25N3O2/c1-12-10-13(2)21-9-8-16(17(21)20-12)18(22)19-11-14-4-6-15(23-3)7-5-14/h8-10,14-15H,4-7,11H2,1-3H3,(H,19,22). The number of fused-ring (bicyclic) bond motifs is 1. The Hall–Kier alpha value is -1.88. The highest BCUT2D eigenvalue weighted by Crippen LogP contribution is 2.25. The Morgan fingerprint density at radius 2 is 2.09 bits per heavy atom. The maximum Gasteiger partial charge on any atom is 0.255 e. The fourth-order valence-corrected chi connectivity index (χ4v) is 3.48. The number of amides is 1. The highest BCUT2D eigenvalue weighted by Gasteiger charge is 2.22. The molecule has 5 nitrogen and oxygen atoms in total. The molecule has 124 valence electrons. The summed E-state index contributed by atoms with van der Waals surface area (Å²) in [7, 11) is 1.78. The van der Waals surface area contributed by atoms with E-state index in [0.717, 1.165) is 49.3 Å². The monoisotopic (exact) mass is 315 g/mol. The third-order valence-electron chi connectivity index (χ3n) is 4.86. The highest BCUT2D eigenvalue weighted by molar-refractivity contribution is 6.00. The van der Waals surface area contributed by atoms with E-state index >= 15 is 0 Å². The number of carbonyl (C=O) groups is 1. The lowest BCUT2D eigenvalue weighted by molar-refractivity contribution is 0.0563. The molecule has 23 heavy (non-hydrogen) atoms. The van der Waals surface area contributed by atoms with Crippen molar-refractivity contribution in [2.24, 2.45) is 5.92 Å². The van der Waals surface area contributed by atoms with Gasteiger partial charge in [-0.25, -0.2) is 4.98 Å². The largest absolute Gasteiger partial charge is 0.381 e. The molecule has 1 N–H and O–H groups in total. The lowest BCUT2D eigenvalue weighted by Crippen LogP contribution is -2.32. The Balaban J connectivity index is 1.65. The molecular weight excluding hydrogens is 290 g/mol. The molecule has 1 aliphatic rings. The minimum absolute atomic E-state index is 0.0288. The lowest BCUT2D eigenvalue weighted by atomic mass is 9.87. The van der Waals surface area contributed by atoms with E-state index in [0.29, 0.717) is 17.6 Å². The predicted molar refractivity (Wildman–Crippen MR) is 89.8 cm³/mol. The Morgan fingerprint density at radius 1 is 1.35 bits per heavy atom. The van der Waals surface area contributed by atoms with E-state index in [2.05, 4.69) is 10.3 Å². The van der Waals surface area contributed by atoms with Gasteiger partial charge in [-0.1, -0.05) is 0 Å². The lowest BCUT2D eigenvalue weighted by Gasteiger charge is -2.27. The number of carbonyl (C=O) groups excluding carboxylic acids is 1. The van der Waals surface area contributed by atoms with Gasteiger partial charge < -0.3 is 14.5 Å². The summed E-state index contributed by atoms with van der Waals surface area (Å²) in [5, 5.41) is 3.09. The molecule has 1 aliphatic carbocycles. The van der Waals surface area contributed by atoms with Gasteiger partial charge in [0.25, 0.3) is 5.91 Å². The van der Waals surface area contributed by atoms with Gasteiger partial charge in [0.1, 0.15) is 5.65 Å². The van der Waals surface area contributed by atoms with Crippen LogP contribution in [0.4, 0.5) is 0 Å². The number of methoxy groups -OCH3 is 1. The third kappa shape index (κ3) is 3.39. The molecule has 0 radical (unpaired) electrons. The van der Waals surface area contributed by atoms with Gasteiger partial charge in [-0.3, -0.25) is 4.79 Å². The first-order valence-electron chi connectivity index (χ1n) is 8.34. The average molecular weight is 315 g/mol. The molecule has 0 aliphatic heterocycles. The third-order valence-corrected chi connectivity index (χ3v) is 4.86. The normalized spacial score (nSPS) is 21.5. The van der Waals surface area contributed by atoms with Crippen LogP contribution in [-0.2, 0) is 4.74 Å². The molecule has 2 heterocycles. The molecule has 2 aromatic rings. The van der Waals surface area contributed by atoms with E-state index < -0.39 is 0 Å². The molecule has 5 heteroatoms. The topological polar surface area (TPSA) is 55.6 Å². The summed E-state index contributed by atoms with van der Waals surface area (Å²) in [4.78, 5) is 17.0. The SMILES string of the molecule is COC1CCC(CNC(=O)c2ccn3c(C)cc(C)nc23)CC1. The van der Waals surface area contributed by atoms with Gasteiger partial charge in [0.2, 0.25) is 0 Å². The maximum absolute atomic E-state index is 12.5. The van der Waals surface area contributed by atoms with Crippen molar-refractivity contribution in [3.8, 4) is 0 Å². The number of nitrogens with zero attached hydrogens (tertiary/aromatic N) is 2. The highest BCUT2D eigenvalue weighted by atomic mass is 16.5. The summed E-state index contributed by atoms with van der Waals surface area (Å²) < 4.78 is 7.36. The quantitative estimate of drug-likeness (QED) is 0.944. The second kappa shape index (κ2) is 6.71. The second-order valence-electron chi connectivity index (χ2n) is 6.55. The summed E-state index contributed by atoms with van der Waals surface area (Å²) in [5.41, 5.74) is 3.41. The smallest absolute Gasteiger partial charge is 0.255 e. The van der Waals surface area contributed by atoms with Crippen LogP contribution in [0.15, 0.2) is 18.3 Å². The summed E-state index contributed by atoms with van der Waals surface area (Å²) in [5.74, 6) is 0.523. The first-order valence-corrected chi connectivity index (χ1v) is 8.34. The molecular formula is C18H25N3O2. The van der Waals surface area contributed by atoms with Crippen LogP contribution in [0.1, 0.15) is 47.4 Å². The fraction of sp³-hybridized carbons (Fsp3) is 0.556. The molecule has 2 aromatic heterocycles. The van der Waals surface area contributed by atoms with Crippen molar-refractivity contribution in [2.45, 2.75) is 45.6 Å². The van der Waals surface area contributed by atoms with Crippen LogP contribution in [0.3, 0.4) is 0 Å². The molecule has 1 fully saturated rings. The molecule has 0 spiro atoms. The van der Waals surface area contributed by atoms with Crippen molar-refractivity contribution in [1.29, 1.82) is 0 Å². The number of hydrogen-bond donors (Lipinski definition) is 1. The molecule has 0 unspecified atom stereocenters. The van der Waals surface area contributed by atoms with Crippen molar-refractivity contribution in [3.63, 3.8) is 0 Å². The van der Waals surface area contributed by atoms with E-state index in [1.807, 2.05) is 36.6 Å². The zero-order valence-electron chi connectivity index (χ0n) is 14.1. The van der Waals surface area contributed by atoms with Crippen molar-refractivity contribution < 1.29 is 9.53 Å². The van der Waals surface area contributed by atoms with Crippen LogP contribution >= 0.6 is 0 Å². The predicted octanol–water partition coefficient (Wildman–Crippen LogP) is 2.89. The molecule has 0 saturated heterocycles. The minimum Gasteiger partial charge on any atom is -0.381 e. The first kappa shape index (κ1) is 16.0. The fourth-order valence-electron chi connectivity index (χ4n) is 3.48. The number of nitrogens with one attached hydrogen (secondary N) is 1. The van der Waals surface area contributed by atoms with Crippen molar-refractivity contribution in [3.05, 3.63) is 35.3 Å². The zero-order valence-corrected chi connectivity index (χ0v) is 14.1. The van der Waals surface area contributed by atoms with E-state index in [-0.39, 0.29) is 5.91 Å². The van der Waals surface area contributed by atoms with Gasteiger partial charge in [0.05, 0.1) is 11.7 Å². The van der Waals surface area contributed by atoms with Crippen LogP contribution in [0.5, 0.6) is 0 Å². The second-order valence-corrected chi connectivity index (χ2v) is 6.55. The van der Waals surface area contributed by atoms with Gasteiger partial charge in [-0.15, -0.1) is 0 Å². The number of hydrogen-bond acceptors (Lipinski definition) is 3. The molecule has 1 saturated carbocycles. The average Bonchev–Trinajstić information content (AvgIpc) is 2.97. The summed E-state index contributed by atoms with van der Waals surface area (Å²) in [6, 6.07) is 3.87. The summed E-state index contributed by atoms with van der Waals surface area (Å²) in [6.45, 7) is 4.71. The first-order chi connectivity index (χ1) is 11.1. The summed E-state index contributed by atoms with van der Waals surface area (Å²) >= 11 is 0. The van der Waals surface area contributed by atoms with Gasteiger partial charge in [-0.2, -0.15) is 0 Å². The van der Waals surface area contributed by atoms with Crippen molar-refractivity contribution >= 4 is 11.6 Å². The van der Waals surface area contributed by atoms with Crippen molar-refractivity contribution in [2.75, 3.05) is 13.7 Å². The summed E-state index contributed by atoms with van der Waals surface area (Å²) in [6.07, 6.45) is 6.72. The molecule has 0 aromatic carbocycles. The van der Waals surface area contributed by atoms with Gasteiger partial charge in [0, 0.05) is 31.2 Å². The van der Waals surface area contributed by atoms with Crippen LogP contribution in [0.2, 0.25) is 0 Å². The molecule has 1 amide bonds. The van der Waals surface area contributed by atoms with E-state index in [4.69, 9.17) is 4.74 Å². The van der Waals surface area contributed by atoms with E-state index in [1.54, 1.807) is 7.11 Å². The Bertz CT molecular complexity index is 700. The molecule has 0 bridgehead atoms. The Morgan fingerprint density at radius 3 is 2.78 bits per heavy atom. The number of aryl methyl sites for hydroxylation is 2. The zero-order chi connectivity index (χ0) is 16.4. The minimum atomic E-state index is -0.0288. The van der Waals surface area contributed by atoms with Crippen LogP contribution < -0.4 is 5.32 Å². The Labute approximate surface area is 137 Å².